The molecule has 1 unspecified atom stereocenters. The van der Waals surface area contributed by atoms with E-state index in [9.17, 15) is 4.79 Å². The zero-order valence-corrected chi connectivity index (χ0v) is 10.5. The van der Waals surface area contributed by atoms with Crippen molar-refractivity contribution in [2.75, 3.05) is 6.54 Å². The molecular formula is C13H22N2O3. The number of unbranched alkanes of at least 4 members (excludes halogenated alkanes) is 1. The minimum atomic E-state index is -0.933. The van der Waals surface area contributed by atoms with Gasteiger partial charge in [-0.25, -0.2) is 0 Å². The van der Waals surface area contributed by atoms with Crippen molar-refractivity contribution in [3.8, 4) is 0 Å². The van der Waals surface area contributed by atoms with Gasteiger partial charge in [0.1, 0.15) is 6.04 Å². The van der Waals surface area contributed by atoms with Crippen LogP contribution in [0.1, 0.15) is 24.8 Å². The van der Waals surface area contributed by atoms with Crippen molar-refractivity contribution in [2.24, 2.45) is 11.5 Å². The second-order valence-electron chi connectivity index (χ2n) is 3.87. The summed E-state index contributed by atoms with van der Waals surface area (Å²) in [6, 6.07) is 8.81. The van der Waals surface area contributed by atoms with Gasteiger partial charge in [0.05, 0.1) is 6.61 Å². The highest BCUT2D eigenvalue weighted by Gasteiger charge is 2.09. The molecule has 1 rings (SSSR count). The Balaban J connectivity index is 0.000000327. The molecule has 0 bridgehead atoms. The molecule has 1 aromatic carbocycles. The maximum absolute atomic E-state index is 10.1. The molecule has 1 aromatic rings. The van der Waals surface area contributed by atoms with Crippen molar-refractivity contribution < 1.29 is 15.0 Å². The fourth-order valence-corrected chi connectivity index (χ4v) is 1.22. The monoisotopic (exact) mass is 254 g/mol. The van der Waals surface area contributed by atoms with Gasteiger partial charge in [-0.05, 0) is 24.9 Å². The number of rotatable bonds is 6. The molecule has 0 saturated heterocycles. The van der Waals surface area contributed by atoms with Crippen molar-refractivity contribution >= 4 is 5.97 Å². The van der Waals surface area contributed by atoms with E-state index in [0.717, 1.165) is 18.4 Å². The fraction of sp³-hybridized carbons (Fsp3) is 0.462. The lowest BCUT2D eigenvalue weighted by molar-refractivity contribution is -0.138. The molecule has 0 aliphatic heterocycles. The van der Waals surface area contributed by atoms with Crippen LogP contribution < -0.4 is 11.5 Å². The Kier molecular flexibility index (Phi) is 9.86. The highest BCUT2D eigenvalue weighted by Crippen LogP contribution is 1.97. The van der Waals surface area contributed by atoms with Crippen LogP contribution in [0.25, 0.3) is 0 Å². The summed E-state index contributed by atoms with van der Waals surface area (Å²) >= 11 is 0. The van der Waals surface area contributed by atoms with Crippen molar-refractivity contribution in [3.05, 3.63) is 35.9 Å². The molecule has 18 heavy (non-hydrogen) atoms. The third kappa shape index (κ3) is 8.69. The number of carbonyl (C=O) groups is 1. The van der Waals surface area contributed by atoms with Crippen molar-refractivity contribution in [2.45, 2.75) is 31.9 Å². The van der Waals surface area contributed by atoms with Crippen LogP contribution in [-0.2, 0) is 11.4 Å². The molecule has 0 aliphatic rings. The van der Waals surface area contributed by atoms with Crippen molar-refractivity contribution in [3.63, 3.8) is 0 Å². The number of nitrogens with two attached hydrogens (primary N) is 2. The number of aliphatic hydroxyl groups is 1. The highest BCUT2D eigenvalue weighted by atomic mass is 16.4. The van der Waals surface area contributed by atoms with Gasteiger partial charge in [0.25, 0.3) is 0 Å². The largest absolute Gasteiger partial charge is 0.480 e. The van der Waals surface area contributed by atoms with Gasteiger partial charge in [-0.1, -0.05) is 36.8 Å². The Hall–Kier alpha value is -1.43. The van der Waals surface area contributed by atoms with E-state index in [1.54, 1.807) is 0 Å². The molecule has 0 spiro atoms. The SMILES string of the molecule is NCCCCC(N)C(=O)O.OCc1ccccc1. The van der Waals surface area contributed by atoms with Gasteiger partial charge in [0.2, 0.25) is 0 Å². The topological polar surface area (TPSA) is 110 Å². The molecule has 0 aromatic heterocycles. The summed E-state index contributed by atoms with van der Waals surface area (Å²) in [5.74, 6) is -0.933. The predicted molar refractivity (Wildman–Crippen MR) is 70.9 cm³/mol. The Morgan fingerprint density at radius 1 is 1.22 bits per heavy atom. The van der Waals surface area contributed by atoms with Crippen LogP contribution in [0.2, 0.25) is 0 Å². The van der Waals surface area contributed by atoms with E-state index >= 15 is 0 Å². The minimum Gasteiger partial charge on any atom is -0.480 e. The number of aliphatic hydroxyl groups excluding tert-OH is 1. The Morgan fingerprint density at radius 2 is 1.83 bits per heavy atom. The first-order valence-electron chi connectivity index (χ1n) is 5.95. The number of carboxylic acid groups (broad SMARTS) is 1. The first-order valence-corrected chi connectivity index (χ1v) is 5.95. The van der Waals surface area contributed by atoms with Gasteiger partial charge in [0, 0.05) is 0 Å². The molecular weight excluding hydrogens is 232 g/mol. The van der Waals surface area contributed by atoms with Gasteiger partial charge < -0.3 is 21.7 Å². The first-order chi connectivity index (χ1) is 8.61. The van der Waals surface area contributed by atoms with Crippen LogP contribution in [0.3, 0.4) is 0 Å². The summed E-state index contributed by atoms with van der Waals surface area (Å²) in [6.45, 7) is 0.743. The summed E-state index contributed by atoms with van der Waals surface area (Å²) in [4.78, 5) is 10.1. The molecule has 0 saturated carbocycles. The lowest BCUT2D eigenvalue weighted by Gasteiger charge is -2.03. The Bertz CT molecular complexity index is 317. The van der Waals surface area contributed by atoms with E-state index in [1.807, 2.05) is 30.3 Å². The molecule has 0 radical (unpaired) electrons. The summed E-state index contributed by atoms with van der Waals surface area (Å²) < 4.78 is 0. The number of hydrogen-bond donors (Lipinski definition) is 4. The number of benzene rings is 1. The first kappa shape index (κ1) is 16.6. The third-order valence-electron chi connectivity index (χ3n) is 2.31. The molecule has 0 aliphatic carbocycles. The Labute approximate surface area is 107 Å². The summed E-state index contributed by atoms with van der Waals surface area (Å²) in [5.41, 5.74) is 11.4. The summed E-state index contributed by atoms with van der Waals surface area (Å²) in [7, 11) is 0. The van der Waals surface area contributed by atoms with Gasteiger partial charge in [-0.3, -0.25) is 4.79 Å². The molecule has 5 heteroatoms. The highest BCUT2D eigenvalue weighted by molar-refractivity contribution is 5.72. The van der Waals surface area contributed by atoms with Crippen molar-refractivity contribution in [1.29, 1.82) is 0 Å². The summed E-state index contributed by atoms with van der Waals surface area (Å²) in [5, 5.41) is 16.9. The second-order valence-corrected chi connectivity index (χ2v) is 3.87. The van der Waals surface area contributed by atoms with Crippen LogP contribution >= 0.6 is 0 Å². The molecule has 5 nitrogen and oxygen atoms in total. The van der Waals surface area contributed by atoms with Crippen LogP contribution in [0.4, 0.5) is 0 Å². The number of aliphatic carboxylic acids is 1. The Morgan fingerprint density at radius 3 is 2.22 bits per heavy atom. The van der Waals surface area contributed by atoms with Gasteiger partial charge in [0.15, 0.2) is 0 Å². The molecule has 0 heterocycles. The zero-order valence-electron chi connectivity index (χ0n) is 10.5. The smallest absolute Gasteiger partial charge is 0.320 e. The lowest BCUT2D eigenvalue weighted by atomic mass is 10.1. The van der Waals surface area contributed by atoms with E-state index in [1.165, 1.54) is 0 Å². The van der Waals surface area contributed by atoms with Crippen LogP contribution in [-0.4, -0.2) is 28.8 Å². The lowest BCUT2D eigenvalue weighted by Crippen LogP contribution is -2.29. The van der Waals surface area contributed by atoms with E-state index in [4.69, 9.17) is 21.7 Å². The molecule has 1 atom stereocenters. The van der Waals surface area contributed by atoms with Crippen molar-refractivity contribution in [1.82, 2.24) is 0 Å². The van der Waals surface area contributed by atoms with E-state index in [0.29, 0.717) is 13.0 Å². The second kappa shape index (κ2) is 10.7. The maximum Gasteiger partial charge on any atom is 0.320 e. The van der Waals surface area contributed by atoms with E-state index in [2.05, 4.69) is 0 Å². The van der Waals surface area contributed by atoms with E-state index in [-0.39, 0.29) is 6.61 Å². The predicted octanol–water partition coefficient (Wildman–Crippen LogP) is 0.706. The minimum absolute atomic E-state index is 0.140. The quantitative estimate of drug-likeness (QED) is 0.559. The molecule has 102 valence electrons. The maximum atomic E-state index is 10.1. The van der Waals surface area contributed by atoms with Crippen LogP contribution in [0.15, 0.2) is 30.3 Å². The standard InChI is InChI=1S/C7H8O.C6H14N2O2/c8-6-7-4-2-1-3-5-7;7-4-2-1-3-5(8)6(9)10/h1-5,8H,6H2;5H,1-4,7-8H2,(H,9,10). The van der Waals surface area contributed by atoms with Crippen LogP contribution in [0, 0.1) is 0 Å². The molecule has 6 N–H and O–H groups in total. The zero-order chi connectivity index (χ0) is 13.8. The average Bonchev–Trinajstić information content (AvgIpc) is 2.40. The summed E-state index contributed by atoms with van der Waals surface area (Å²) in [6.07, 6.45) is 2.16. The average molecular weight is 254 g/mol. The van der Waals surface area contributed by atoms with Gasteiger partial charge in [-0.2, -0.15) is 0 Å². The number of carboxylic acids is 1. The number of hydrogen-bond acceptors (Lipinski definition) is 4. The fourth-order valence-electron chi connectivity index (χ4n) is 1.22. The van der Waals surface area contributed by atoms with Gasteiger partial charge in [-0.15, -0.1) is 0 Å². The van der Waals surface area contributed by atoms with E-state index < -0.39 is 12.0 Å². The third-order valence-corrected chi connectivity index (χ3v) is 2.31. The van der Waals surface area contributed by atoms with Gasteiger partial charge >= 0.3 is 5.97 Å². The molecule has 0 fully saturated rings. The normalized spacial score (nSPS) is 11.3. The molecule has 0 amide bonds. The van der Waals surface area contributed by atoms with Crippen LogP contribution in [0.5, 0.6) is 0 Å².